The minimum Gasteiger partial charge on any atom is -0.495 e. The normalized spacial score (nSPS) is 10.7. The van der Waals surface area contributed by atoms with Crippen molar-refractivity contribution >= 4 is 28.3 Å². The van der Waals surface area contributed by atoms with E-state index < -0.39 is 0 Å². The summed E-state index contributed by atoms with van der Waals surface area (Å²) in [6.07, 6.45) is 5.47. The second-order valence-electron chi connectivity index (χ2n) is 6.48. The zero-order valence-electron chi connectivity index (χ0n) is 16.3. The van der Waals surface area contributed by atoms with Crippen LogP contribution < -0.4 is 15.4 Å². The molecule has 1 aromatic carbocycles. The molecule has 3 heterocycles. The molecule has 0 saturated heterocycles. The highest BCUT2D eigenvalue weighted by atomic mass is 16.5. The van der Waals surface area contributed by atoms with E-state index in [0.29, 0.717) is 22.8 Å². The molecule has 8 heteroatoms. The number of methoxy groups -OCH3 is 1. The van der Waals surface area contributed by atoms with Crippen LogP contribution in [0.2, 0.25) is 0 Å². The summed E-state index contributed by atoms with van der Waals surface area (Å²) in [5.74, 6) is 1.05. The number of hydrogen-bond donors (Lipinski definition) is 2. The van der Waals surface area contributed by atoms with Gasteiger partial charge in [-0.3, -0.25) is 9.48 Å². The van der Waals surface area contributed by atoms with Crippen molar-refractivity contribution in [3.63, 3.8) is 0 Å². The van der Waals surface area contributed by atoms with E-state index >= 15 is 0 Å². The molecule has 8 nitrogen and oxygen atoms in total. The van der Waals surface area contributed by atoms with E-state index in [1.165, 1.54) is 0 Å². The van der Waals surface area contributed by atoms with E-state index in [1.807, 2.05) is 43.7 Å². The summed E-state index contributed by atoms with van der Waals surface area (Å²) in [5.41, 5.74) is 3.82. The predicted molar refractivity (Wildman–Crippen MR) is 111 cm³/mol. The first-order valence-electron chi connectivity index (χ1n) is 9.00. The van der Waals surface area contributed by atoms with Gasteiger partial charge in [0, 0.05) is 43.5 Å². The Morgan fingerprint density at radius 3 is 2.69 bits per heavy atom. The lowest BCUT2D eigenvalue weighted by molar-refractivity contribution is 0.0958. The maximum absolute atomic E-state index is 11.8. The molecular weight excluding hydrogens is 368 g/mol. The highest BCUT2D eigenvalue weighted by molar-refractivity contribution is 5.95. The number of anilines is 2. The van der Waals surface area contributed by atoms with Gasteiger partial charge in [-0.2, -0.15) is 5.10 Å². The molecule has 0 fully saturated rings. The molecule has 0 aliphatic rings. The fourth-order valence-electron chi connectivity index (χ4n) is 3.02. The van der Waals surface area contributed by atoms with Gasteiger partial charge in [-0.1, -0.05) is 6.07 Å². The molecule has 0 bridgehead atoms. The lowest BCUT2D eigenvalue weighted by atomic mass is 10.1. The molecule has 0 spiro atoms. The predicted octanol–water partition coefficient (Wildman–Crippen LogP) is 3.14. The van der Waals surface area contributed by atoms with Crippen LogP contribution in [-0.4, -0.2) is 39.8 Å². The Hall–Kier alpha value is -3.94. The number of benzene rings is 1. The quantitative estimate of drug-likeness (QED) is 0.545. The Bertz CT molecular complexity index is 1200. The lowest BCUT2D eigenvalue weighted by Crippen LogP contribution is -2.19. The zero-order valence-corrected chi connectivity index (χ0v) is 16.3. The van der Waals surface area contributed by atoms with Crippen LogP contribution >= 0.6 is 0 Å². The summed E-state index contributed by atoms with van der Waals surface area (Å²) >= 11 is 0. The Labute approximate surface area is 167 Å². The van der Waals surface area contributed by atoms with Crippen LogP contribution in [0.3, 0.4) is 0 Å². The number of fused-ring (bicyclic) bond motifs is 1. The first-order chi connectivity index (χ1) is 14.1. The van der Waals surface area contributed by atoms with Crippen molar-refractivity contribution in [3.8, 4) is 16.9 Å². The van der Waals surface area contributed by atoms with Crippen molar-refractivity contribution in [2.75, 3.05) is 19.5 Å². The number of carbonyl (C=O) groups is 1. The fourth-order valence-corrected chi connectivity index (χ4v) is 3.02. The van der Waals surface area contributed by atoms with Crippen LogP contribution in [0.5, 0.6) is 5.75 Å². The summed E-state index contributed by atoms with van der Waals surface area (Å²) < 4.78 is 7.31. The number of hydrogen-bond acceptors (Lipinski definition) is 6. The SMILES string of the molecule is CNC(=O)c1ccc2cnc(Nc3ccc(-c4cnn(C)c4)cc3OC)cc2n1. The van der Waals surface area contributed by atoms with Gasteiger partial charge in [-0.15, -0.1) is 0 Å². The highest BCUT2D eigenvalue weighted by Gasteiger charge is 2.10. The maximum atomic E-state index is 11.8. The van der Waals surface area contributed by atoms with Crippen LogP contribution in [0.25, 0.3) is 22.0 Å². The molecular formula is C21H20N6O2. The molecule has 0 saturated carbocycles. The molecule has 29 heavy (non-hydrogen) atoms. The topological polar surface area (TPSA) is 94.0 Å². The molecule has 0 aliphatic heterocycles. The number of aryl methyl sites for hydroxylation is 1. The molecule has 0 aliphatic carbocycles. The molecule has 0 atom stereocenters. The van der Waals surface area contributed by atoms with Gasteiger partial charge in [0.25, 0.3) is 5.91 Å². The number of rotatable bonds is 5. The van der Waals surface area contributed by atoms with Crippen LogP contribution in [0.1, 0.15) is 10.5 Å². The standard InChI is InChI=1S/C21H20N6O2/c1-22-21(28)17-7-5-14-10-23-20(9-18(14)25-17)26-16-6-4-13(8-19(16)29-3)15-11-24-27(2)12-15/h4-12H,1-3H3,(H,22,28)(H,23,26). The third-order valence-electron chi connectivity index (χ3n) is 4.54. The van der Waals surface area contributed by atoms with Gasteiger partial charge in [0.1, 0.15) is 17.3 Å². The highest BCUT2D eigenvalue weighted by Crippen LogP contribution is 2.32. The van der Waals surface area contributed by atoms with Crippen LogP contribution in [0.4, 0.5) is 11.5 Å². The number of nitrogens with zero attached hydrogens (tertiary/aromatic N) is 4. The molecule has 0 radical (unpaired) electrons. The van der Waals surface area contributed by atoms with Crippen molar-refractivity contribution in [2.24, 2.45) is 7.05 Å². The fraction of sp³-hybridized carbons (Fsp3) is 0.143. The maximum Gasteiger partial charge on any atom is 0.269 e. The van der Waals surface area contributed by atoms with Crippen molar-refractivity contribution in [3.05, 3.63) is 60.7 Å². The number of amides is 1. The second-order valence-corrected chi connectivity index (χ2v) is 6.48. The molecule has 4 rings (SSSR count). The third kappa shape index (κ3) is 3.73. The average Bonchev–Trinajstić information content (AvgIpc) is 3.19. The second kappa shape index (κ2) is 7.59. The summed E-state index contributed by atoms with van der Waals surface area (Å²) in [6, 6.07) is 11.2. The van der Waals surface area contributed by atoms with Crippen LogP contribution in [0.15, 0.2) is 55.0 Å². The first-order valence-corrected chi connectivity index (χ1v) is 9.00. The molecule has 2 N–H and O–H groups in total. The Balaban J connectivity index is 1.65. The smallest absolute Gasteiger partial charge is 0.269 e. The minimum absolute atomic E-state index is 0.231. The third-order valence-corrected chi connectivity index (χ3v) is 4.54. The van der Waals surface area contributed by atoms with Crippen molar-refractivity contribution in [1.29, 1.82) is 0 Å². The zero-order chi connectivity index (χ0) is 20.4. The van der Waals surface area contributed by atoms with E-state index in [4.69, 9.17) is 4.74 Å². The Morgan fingerprint density at radius 1 is 1.10 bits per heavy atom. The molecule has 3 aromatic heterocycles. The molecule has 0 unspecified atom stereocenters. The van der Waals surface area contributed by atoms with Crippen LogP contribution in [0, 0.1) is 0 Å². The van der Waals surface area contributed by atoms with Crippen LogP contribution in [-0.2, 0) is 7.05 Å². The summed E-state index contributed by atoms with van der Waals surface area (Å²) in [4.78, 5) is 20.7. The van der Waals surface area contributed by atoms with Gasteiger partial charge in [-0.05, 0) is 29.8 Å². The molecule has 1 amide bonds. The van der Waals surface area contributed by atoms with Gasteiger partial charge >= 0.3 is 0 Å². The Morgan fingerprint density at radius 2 is 1.97 bits per heavy atom. The largest absolute Gasteiger partial charge is 0.495 e. The number of pyridine rings is 2. The summed E-state index contributed by atoms with van der Waals surface area (Å²) in [7, 11) is 5.08. The number of carbonyl (C=O) groups excluding carboxylic acids is 1. The number of nitrogens with one attached hydrogen (secondary N) is 2. The van der Waals surface area contributed by atoms with Crippen molar-refractivity contribution < 1.29 is 9.53 Å². The van der Waals surface area contributed by atoms with E-state index in [2.05, 4.69) is 25.7 Å². The van der Waals surface area contributed by atoms with Gasteiger partial charge in [-0.25, -0.2) is 9.97 Å². The number of aromatic nitrogens is 4. The molecule has 146 valence electrons. The Kier molecular flexibility index (Phi) is 4.82. The van der Waals surface area contributed by atoms with E-state index in [1.54, 1.807) is 37.2 Å². The van der Waals surface area contributed by atoms with E-state index in [0.717, 1.165) is 22.2 Å². The summed E-state index contributed by atoms with van der Waals surface area (Å²) in [5, 5.41) is 10.9. The van der Waals surface area contributed by atoms with E-state index in [-0.39, 0.29) is 5.91 Å². The minimum atomic E-state index is -0.231. The van der Waals surface area contributed by atoms with Gasteiger partial charge in [0.15, 0.2) is 0 Å². The number of ether oxygens (including phenoxy) is 1. The van der Waals surface area contributed by atoms with Gasteiger partial charge in [0.2, 0.25) is 0 Å². The molecule has 4 aromatic rings. The first kappa shape index (κ1) is 18.4. The summed E-state index contributed by atoms with van der Waals surface area (Å²) in [6.45, 7) is 0. The van der Waals surface area contributed by atoms with Crippen molar-refractivity contribution in [1.82, 2.24) is 25.1 Å². The van der Waals surface area contributed by atoms with Crippen molar-refractivity contribution in [2.45, 2.75) is 0 Å². The average molecular weight is 388 g/mol. The van der Waals surface area contributed by atoms with Gasteiger partial charge < -0.3 is 15.4 Å². The van der Waals surface area contributed by atoms with Gasteiger partial charge in [0.05, 0.1) is 24.5 Å². The lowest BCUT2D eigenvalue weighted by Gasteiger charge is -2.12. The van der Waals surface area contributed by atoms with E-state index in [9.17, 15) is 4.79 Å². The monoisotopic (exact) mass is 388 g/mol.